The molecule has 0 spiro atoms. The molecule has 0 fully saturated rings. The molecule has 2 aromatic rings. The topological polar surface area (TPSA) is 66.0 Å². The Hall–Kier alpha value is -1.62. The second kappa shape index (κ2) is 5.57. The first-order chi connectivity index (χ1) is 9.04. The van der Waals surface area contributed by atoms with Gasteiger partial charge in [0.2, 0.25) is 5.88 Å². The SMILES string of the molecule is CCC(C)c1nc(O)c(-c2ccccc2Br)c(=O)[nH]1. The molecular formula is C14H15BrN2O2. The molecule has 0 radical (unpaired) electrons. The molecule has 0 aliphatic carbocycles. The number of halogens is 1. The summed E-state index contributed by atoms with van der Waals surface area (Å²) < 4.78 is 0.744. The smallest absolute Gasteiger partial charge is 0.262 e. The van der Waals surface area contributed by atoms with Gasteiger partial charge in [0.1, 0.15) is 11.4 Å². The number of rotatable bonds is 3. The number of hydrogen-bond donors (Lipinski definition) is 2. The molecule has 1 aromatic heterocycles. The Balaban J connectivity index is 2.61. The molecule has 0 bridgehead atoms. The molecule has 1 heterocycles. The third-order valence-electron chi connectivity index (χ3n) is 3.14. The monoisotopic (exact) mass is 322 g/mol. The lowest BCUT2D eigenvalue weighted by Gasteiger charge is -2.11. The van der Waals surface area contributed by atoms with E-state index in [1.54, 1.807) is 6.07 Å². The van der Waals surface area contributed by atoms with E-state index in [-0.39, 0.29) is 22.9 Å². The zero-order valence-corrected chi connectivity index (χ0v) is 12.4. The van der Waals surface area contributed by atoms with Gasteiger partial charge >= 0.3 is 0 Å². The molecule has 0 amide bonds. The van der Waals surface area contributed by atoms with E-state index >= 15 is 0 Å². The van der Waals surface area contributed by atoms with Gasteiger partial charge in [0, 0.05) is 16.0 Å². The highest BCUT2D eigenvalue weighted by molar-refractivity contribution is 9.10. The van der Waals surface area contributed by atoms with Gasteiger partial charge in [-0.1, -0.05) is 48.0 Å². The fourth-order valence-electron chi connectivity index (χ4n) is 1.81. The lowest BCUT2D eigenvalue weighted by atomic mass is 10.1. The number of aromatic amines is 1. The lowest BCUT2D eigenvalue weighted by Crippen LogP contribution is -2.15. The Morgan fingerprint density at radius 3 is 2.68 bits per heavy atom. The molecule has 100 valence electrons. The molecule has 2 N–H and O–H groups in total. The highest BCUT2D eigenvalue weighted by atomic mass is 79.9. The summed E-state index contributed by atoms with van der Waals surface area (Å²) in [6, 6.07) is 7.23. The van der Waals surface area contributed by atoms with Crippen LogP contribution in [0.15, 0.2) is 33.5 Å². The molecule has 19 heavy (non-hydrogen) atoms. The van der Waals surface area contributed by atoms with Crippen LogP contribution in [0.3, 0.4) is 0 Å². The van der Waals surface area contributed by atoms with Crippen molar-refractivity contribution in [3.8, 4) is 17.0 Å². The third-order valence-corrected chi connectivity index (χ3v) is 3.83. The van der Waals surface area contributed by atoms with Gasteiger partial charge in [0.05, 0.1) is 0 Å². The van der Waals surface area contributed by atoms with Crippen molar-refractivity contribution in [1.82, 2.24) is 9.97 Å². The Morgan fingerprint density at radius 1 is 1.42 bits per heavy atom. The van der Waals surface area contributed by atoms with Gasteiger partial charge in [-0.25, -0.2) is 0 Å². The minimum absolute atomic E-state index is 0.104. The maximum absolute atomic E-state index is 12.2. The van der Waals surface area contributed by atoms with Crippen LogP contribution < -0.4 is 5.56 Å². The van der Waals surface area contributed by atoms with Crippen LogP contribution in [0.2, 0.25) is 0 Å². The van der Waals surface area contributed by atoms with Crippen molar-refractivity contribution in [3.05, 3.63) is 44.9 Å². The van der Waals surface area contributed by atoms with E-state index in [1.807, 2.05) is 32.0 Å². The fourth-order valence-corrected chi connectivity index (χ4v) is 2.29. The van der Waals surface area contributed by atoms with Crippen molar-refractivity contribution in [2.75, 3.05) is 0 Å². The van der Waals surface area contributed by atoms with Crippen LogP contribution in [0.5, 0.6) is 5.88 Å². The van der Waals surface area contributed by atoms with Crippen LogP contribution in [-0.4, -0.2) is 15.1 Å². The van der Waals surface area contributed by atoms with Gasteiger partial charge in [-0.2, -0.15) is 4.98 Å². The van der Waals surface area contributed by atoms with E-state index in [0.717, 1.165) is 10.9 Å². The first kappa shape index (κ1) is 13.8. The van der Waals surface area contributed by atoms with Gasteiger partial charge < -0.3 is 10.1 Å². The average molecular weight is 323 g/mol. The predicted molar refractivity (Wildman–Crippen MR) is 78.4 cm³/mol. The van der Waals surface area contributed by atoms with Crippen LogP contribution in [-0.2, 0) is 0 Å². The highest BCUT2D eigenvalue weighted by Crippen LogP contribution is 2.30. The van der Waals surface area contributed by atoms with Crippen molar-refractivity contribution in [3.63, 3.8) is 0 Å². The van der Waals surface area contributed by atoms with E-state index in [9.17, 15) is 9.90 Å². The zero-order valence-electron chi connectivity index (χ0n) is 10.8. The standard InChI is InChI=1S/C14H15BrN2O2/c1-3-8(2)12-16-13(18)11(14(19)17-12)9-6-4-5-7-10(9)15/h4-8H,3H2,1-2H3,(H2,16,17,18,19). The van der Waals surface area contributed by atoms with Gasteiger partial charge in [-0.05, 0) is 12.5 Å². The maximum Gasteiger partial charge on any atom is 0.262 e. The normalized spacial score (nSPS) is 12.4. The molecule has 1 atom stereocenters. The second-order valence-corrected chi connectivity index (χ2v) is 5.29. The van der Waals surface area contributed by atoms with Gasteiger partial charge in [0.15, 0.2) is 0 Å². The molecule has 0 aliphatic heterocycles. The van der Waals surface area contributed by atoms with Gasteiger partial charge in [0.25, 0.3) is 5.56 Å². The van der Waals surface area contributed by atoms with E-state index < -0.39 is 0 Å². The van der Waals surface area contributed by atoms with Crippen molar-refractivity contribution in [1.29, 1.82) is 0 Å². The zero-order chi connectivity index (χ0) is 14.0. The molecule has 0 aliphatic rings. The molecule has 1 unspecified atom stereocenters. The molecule has 1 aromatic carbocycles. The second-order valence-electron chi connectivity index (χ2n) is 4.44. The summed E-state index contributed by atoms with van der Waals surface area (Å²) in [5.41, 5.74) is 0.499. The molecular weight excluding hydrogens is 308 g/mol. The number of aromatic nitrogens is 2. The van der Waals surface area contributed by atoms with Crippen LogP contribution in [0.25, 0.3) is 11.1 Å². The molecule has 0 saturated carbocycles. The summed E-state index contributed by atoms with van der Waals surface area (Å²) in [6.07, 6.45) is 0.844. The molecule has 4 nitrogen and oxygen atoms in total. The van der Waals surface area contributed by atoms with E-state index in [1.165, 1.54) is 0 Å². The lowest BCUT2D eigenvalue weighted by molar-refractivity contribution is 0.446. The molecule has 5 heteroatoms. The quantitative estimate of drug-likeness (QED) is 0.909. The summed E-state index contributed by atoms with van der Waals surface area (Å²) in [5.74, 6) is 0.388. The van der Waals surface area contributed by atoms with Crippen molar-refractivity contribution in [2.45, 2.75) is 26.2 Å². The molecule has 0 saturated heterocycles. The van der Waals surface area contributed by atoms with Crippen molar-refractivity contribution >= 4 is 15.9 Å². The highest BCUT2D eigenvalue weighted by Gasteiger charge is 2.16. The fraction of sp³-hybridized carbons (Fsp3) is 0.286. The van der Waals surface area contributed by atoms with Crippen molar-refractivity contribution < 1.29 is 5.11 Å². The number of benzene rings is 1. The maximum atomic E-state index is 12.2. The van der Waals surface area contributed by atoms with E-state index in [4.69, 9.17) is 0 Å². The van der Waals surface area contributed by atoms with Crippen LogP contribution >= 0.6 is 15.9 Å². The first-order valence-corrected chi connectivity index (χ1v) is 6.92. The number of nitrogens with zero attached hydrogens (tertiary/aromatic N) is 1. The number of aromatic hydroxyl groups is 1. The summed E-state index contributed by atoms with van der Waals surface area (Å²) in [6.45, 7) is 3.96. The molecule has 2 rings (SSSR count). The van der Waals surface area contributed by atoms with E-state index in [0.29, 0.717) is 11.4 Å². The number of nitrogens with one attached hydrogen (secondary N) is 1. The van der Waals surface area contributed by atoms with Gasteiger partial charge in [-0.15, -0.1) is 0 Å². The number of hydrogen-bond acceptors (Lipinski definition) is 3. The predicted octanol–water partition coefficient (Wildman–Crippen LogP) is 3.42. The van der Waals surface area contributed by atoms with Crippen LogP contribution in [0, 0.1) is 0 Å². The first-order valence-electron chi connectivity index (χ1n) is 6.12. The minimum Gasteiger partial charge on any atom is -0.493 e. The Kier molecular flexibility index (Phi) is 4.04. The third kappa shape index (κ3) is 2.71. The summed E-state index contributed by atoms with van der Waals surface area (Å²) in [7, 11) is 0. The minimum atomic E-state index is -0.324. The summed E-state index contributed by atoms with van der Waals surface area (Å²) in [5, 5.41) is 10.0. The van der Waals surface area contributed by atoms with E-state index in [2.05, 4.69) is 25.9 Å². The largest absolute Gasteiger partial charge is 0.493 e. The number of H-pyrrole nitrogens is 1. The summed E-state index contributed by atoms with van der Waals surface area (Å²) in [4.78, 5) is 19.0. The Labute approximate surface area is 119 Å². The summed E-state index contributed by atoms with van der Waals surface area (Å²) >= 11 is 3.37. The van der Waals surface area contributed by atoms with Gasteiger partial charge in [-0.3, -0.25) is 4.79 Å². The van der Waals surface area contributed by atoms with Crippen LogP contribution in [0.4, 0.5) is 0 Å². The van der Waals surface area contributed by atoms with Crippen molar-refractivity contribution in [2.24, 2.45) is 0 Å². The Morgan fingerprint density at radius 2 is 2.11 bits per heavy atom. The average Bonchev–Trinajstić information content (AvgIpc) is 2.39. The Bertz CT molecular complexity index is 652. The van der Waals surface area contributed by atoms with Crippen LogP contribution in [0.1, 0.15) is 32.0 Å².